The van der Waals surface area contributed by atoms with E-state index in [0.717, 1.165) is 12.1 Å². The van der Waals surface area contributed by atoms with Crippen molar-refractivity contribution in [2.45, 2.75) is 32.8 Å². The minimum atomic E-state index is -0.744. The van der Waals surface area contributed by atoms with Gasteiger partial charge in [-0.1, -0.05) is 26.0 Å². The standard InChI is InChI=1S/C22H23F2N5O2/c1-3-13(10-16(25)20-14(23)6-4-7-15(20)24)21(26)12(2)17-8-5-9-18(27-17)22-29-28-19(11-30)31-22/h4-10,12,30H,3,11,25-26H2,1-2H3/b16-10-,21-13-. The summed E-state index contributed by atoms with van der Waals surface area (Å²) in [6.07, 6.45) is 1.98. The molecular formula is C22H23F2N5O2. The molecule has 0 aliphatic rings. The maximum absolute atomic E-state index is 14.1. The first-order valence-electron chi connectivity index (χ1n) is 9.66. The van der Waals surface area contributed by atoms with Crippen LogP contribution < -0.4 is 11.5 Å². The first-order valence-corrected chi connectivity index (χ1v) is 9.66. The molecule has 162 valence electrons. The summed E-state index contributed by atoms with van der Waals surface area (Å²) in [5.41, 5.74) is 14.2. The van der Waals surface area contributed by atoms with Gasteiger partial charge in [-0.3, -0.25) is 0 Å². The van der Waals surface area contributed by atoms with E-state index >= 15 is 0 Å². The van der Waals surface area contributed by atoms with Crippen LogP contribution in [0.4, 0.5) is 8.78 Å². The molecule has 0 radical (unpaired) electrons. The monoisotopic (exact) mass is 427 g/mol. The topological polar surface area (TPSA) is 124 Å². The number of hydrogen-bond donors (Lipinski definition) is 3. The fraction of sp³-hybridized carbons (Fsp3) is 0.227. The molecule has 1 unspecified atom stereocenters. The summed E-state index contributed by atoms with van der Waals surface area (Å²) in [5.74, 6) is -1.55. The molecule has 0 spiro atoms. The van der Waals surface area contributed by atoms with Crippen LogP contribution >= 0.6 is 0 Å². The van der Waals surface area contributed by atoms with E-state index in [0.29, 0.717) is 29.1 Å². The van der Waals surface area contributed by atoms with E-state index < -0.39 is 11.6 Å². The van der Waals surface area contributed by atoms with Gasteiger partial charge >= 0.3 is 0 Å². The van der Waals surface area contributed by atoms with Gasteiger partial charge in [0.2, 0.25) is 5.89 Å². The SMILES string of the molecule is CCC(/C=C(\N)c1c(F)cccc1F)=C(/N)C(C)c1cccc(-c2nnc(CO)o2)n1. The molecule has 7 nitrogen and oxygen atoms in total. The van der Waals surface area contributed by atoms with Gasteiger partial charge in [0.05, 0.1) is 5.56 Å². The number of nitrogens with zero attached hydrogens (tertiary/aromatic N) is 3. The van der Waals surface area contributed by atoms with Crippen molar-refractivity contribution in [3.8, 4) is 11.6 Å². The van der Waals surface area contributed by atoms with Crippen LogP contribution in [0.1, 0.15) is 43.3 Å². The van der Waals surface area contributed by atoms with Gasteiger partial charge in [-0.15, -0.1) is 10.2 Å². The van der Waals surface area contributed by atoms with Crippen molar-refractivity contribution in [1.29, 1.82) is 0 Å². The number of nitrogens with two attached hydrogens (primary N) is 2. The van der Waals surface area contributed by atoms with Crippen LogP contribution in [-0.4, -0.2) is 20.3 Å². The predicted octanol–water partition coefficient (Wildman–Crippen LogP) is 3.63. The van der Waals surface area contributed by atoms with Gasteiger partial charge in [0.15, 0.2) is 0 Å². The Hall–Kier alpha value is -3.59. The molecular weight excluding hydrogens is 404 g/mol. The Morgan fingerprint density at radius 1 is 1.13 bits per heavy atom. The fourth-order valence-electron chi connectivity index (χ4n) is 3.09. The highest BCUT2D eigenvalue weighted by Gasteiger charge is 2.17. The maximum atomic E-state index is 14.1. The van der Waals surface area contributed by atoms with Crippen LogP contribution in [0.5, 0.6) is 0 Å². The first kappa shape index (κ1) is 22.1. The molecule has 0 saturated heterocycles. The minimum Gasteiger partial charge on any atom is -0.417 e. The van der Waals surface area contributed by atoms with Crippen molar-refractivity contribution in [3.05, 3.63) is 82.5 Å². The zero-order valence-corrected chi connectivity index (χ0v) is 17.1. The average Bonchev–Trinajstić information content (AvgIpc) is 3.26. The number of benzene rings is 1. The third-order valence-corrected chi connectivity index (χ3v) is 4.83. The number of allylic oxidation sites excluding steroid dienone is 3. The predicted molar refractivity (Wildman–Crippen MR) is 112 cm³/mol. The second-order valence-corrected chi connectivity index (χ2v) is 6.86. The normalized spacial score (nSPS) is 13.8. The maximum Gasteiger partial charge on any atom is 0.266 e. The summed E-state index contributed by atoms with van der Waals surface area (Å²) in [7, 11) is 0. The van der Waals surface area contributed by atoms with E-state index in [1.54, 1.807) is 18.2 Å². The number of aliphatic hydroxyl groups excluding tert-OH is 1. The van der Waals surface area contributed by atoms with Crippen molar-refractivity contribution in [3.63, 3.8) is 0 Å². The lowest BCUT2D eigenvalue weighted by Gasteiger charge is -2.16. The van der Waals surface area contributed by atoms with Crippen LogP contribution in [0, 0.1) is 11.6 Å². The third-order valence-electron chi connectivity index (χ3n) is 4.83. The zero-order valence-electron chi connectivity index (χ0n) is 17.1. The van der Waals surface area contributed by atoms with E-state index in [1.165, 1.54) is 12.1 Å². The molecule has 5 N–H and O–H groups in total. The molecule has 1 aromatic carbocycles. The molecule has 1 atom stereocenters. The lowest BCUT2D eigenvalue weighted by atomic mass is 9.96. The number of rotatable bonds is 7. The molecule has 3 aromatic rings. The molecule has 0 aliphatic carbocycles. The van der Waals surface area contributed by atoms with Crippen molar-refractivity contribution in [2.24, 2.45) is 11.5 Å². The summed E-state index contributed by atoms with van der Waals surface area (Å²) in [4.78, 5) is 4.53. The number of aliphatic hydroxyl groups is 1. The van der Waals surface area contributed by atoms with Crippen molar-refractivity contribution < 1.29 is 18.3 Å². The molecule has 9 heteroatoms. The van der Waals surface area contributed by atoms with Gasteiger partial charge in [0.25, 0.3) is 5.89 Å². The molecule has 0 amide bonds. The summed E-state index contributed by atoms with van der Waals surface area (Å²) >= 11 is 0. The highest BCUT2D eigenvalue weighted by molar-refractivity contribution is 5.66. The van der Waals surface area contributed by atoms with Gasteiger partial charge in [0.1, 0.15) is 23.9 Å². The van der Waals surface area contributed by atoms with Crippen LogP contribution in [0.2, 0.25) is 0 Å². The summed E-state index contributed by atoms with van der Waals surface area (Å²) in [5, 5.41) is 16.7. The van der Waals surface area contributed by atoms with Crippen molar-refractivity contribution in [2.75, 3.05) is 0 Å². The number of aromatic nitrogens is 3. The van der Waals surface area contributed by atoms with Gasteiger partial charge in [0, 0.05) is 23.0 Å². The smallest absolute Gasteiger partial charge is 0.266 e. The fourth-order valence-corrected chi connectivity index (χ4v) is 3.09. The van der Waals surface area contributed by atoms with Gasteiger partial charge in [-0.2, -0.15) is 0 Å². The molecule has 31 heavy (non-hydrogen) atoms. The summed E-state index contributed by atoms with van der Waals surface area (Å²) < 4.78 is 33.5. The summed E-state index contributed by atoms with van der Waals surface area (Å²) in [6.45, 7) is 3.36. The Balaban J connectivity index is 1.95. The largest absolute Gasteiger partial charge is 0.417 e. The lowest BCUT2D eigenvalue weighted by molar-refractivity contribution is 0.241. The molecule has 0 saturated carbocycles. The van der Waals surface area contributed by atoms with E-state index in [-0.39, 0.29) is 35.6 Å². The van der Waals surface area contributed by atoms with Crippen LogP contribution in [0.3, 0.4) is 0 Å². The molecule has 0 aliphatic heterocycles. The Labute approximate surface area is 178 Å². The minimum absolute atomic E-state index is 0.0493. The average molecular weight is 427 g/mol. The van der Waals surface area contributed by atoms with Crippen LogP contribution in [0.15, 0.2) is 58.2 Å². The summed E-state index contributed by atoms with van der Waals surface area (Å²) in [6, 6.07) is 8.84. The number of halogens is 2. The molecule has 2 aromatic heterocycles. The van der Waals surface area contributed by atoms with E-state index in [4.69, 9.17) is 21.0 Å². The van der Waals surface area contributed by atoms with E-state index in [9.17, 15) is 8.78 Å². The van der Waals surface area contributed by atoms with Crippen molar-refractivity contribution >= 4 is 5.70 Å². The Bertz CT molecular complexity index is 1120. The molecule has 0 bridgehead atoms. The zero-order chi connectivity index (χ0) is 22.5. The highest BCUT2D eigenvalue weighted by atomic mass is 19.1. The van der Waals surface area contributed by atoms with Gasteiger partial charge in [-0.25, -0.2) is 13.8 Å². The van der Waals surface area contributed by atoms with E-state index in [1.807, 2.05) is 13.8 Å². The quantitative estimate of drug-likeness (QED) is 0.492. The van der Waals surface area contributed by atoms with Gasteiger partial charge < -0.3 is 21.0 Å². The number of hydrogen-bond acceptors (Lipinski definition) is 7. The Morgan fingerprint density at radius 2 is 1.81 bits per heavy atom. The Morgan fingerprint density at radius 3 is 2.42 bits per heavy atom. The van der Waals surface area contributed by atoms with Crippen molar-refractivity contribution in [1.82, 2.24) is 15.2 Å². The van der Waals surface area contributed by atoms with Crippen LogP contribution in [0.25, 0.3) is 17.3 Å². The number of pyridine rings is 1. The van der Waals surface area contributed by atoms with E-state index in [2.05, 4.69) is 15.2 Å². The lowest BCUT2D eigenvalue weighted by Crippen LogP contribution is -2.13. The molecule has 0 fully saturated rings. The Kier molecular flexibility index (Phi) is 6.76. The second kappa shape index (κ2) is 9.48. The molecule has 2 heterocycles. The second-order valence-electron chi connectivity index (χ2n) is 6.86. The third kappa shape index (κ3) is 4.77. The molecule has 3 rings (SSSR count). The van der Waals surface area contributed by atoms with Gasteiger partial charge in [-0.05, 0) is 42.3 Å². The van der Waals surface area contributed by atoms with Crippen LogP contribution in [-0.2, 0) is 6.61 Å². The first-order chi connectivity index (χ1) is 14.8. The highest BCUT2D eigenvalue weighted by Crippen LogP contribution is 2.27.